The van der Waals surface area contributed by atoms with E-state index in [1.54, 1.807) is 13.0 Å². The maximum atomic E-state index is 12.7. The molecule has 1 saturated heterocycles. The number of halogens is 4. The van der Waals surface area contributed by atoms with E-state index in [0.717, 1.165) is 31.5 Å². The fourth-order valence-corrected chi connectivity index (χ4v) is 2.65. The fourth-order valence-electron chi connectivity index (χ4n) is 2.65. The summed E-state index contributed by atoms with van der Waals surface area (Å²) in [4.78, 5) is 12.0. The van der Waals surface area contributed by atoms with Gasteiger partial charge in [-0.2, -0.15) is 13.2 Å². The van der Waals surface area contributed by atoms with Crippen molar-refractivity contribution in [1.82, 2.24) is 10.6 Å². The van der Waals surface area contributed by atoms with Crippen LogP contribution in [0.5, 0.6) is 0 Å². The Morgan fingerprint density at radius 2 is 2.17 bits per heavy atom. The lowest BCUT2D eigenvalue weighted by Crippen LogP contribution is -2.39. The zero-order chi connectivity index (χ0) is 16.2. The Hall–Kier alpha value is -1.27. The molecule has 0 aliphatic carbocycles. The van der Waals surface area contributed by atoms with Crippen LogP contribution in [0.3, 0.4) is 0 Å². The summed E-state index contributed by atoms with van der Waals surface area (Å²) in [6, 6.07) is 5.47. The van der Waals surface area contributed by atoms with Gasteiger partial charge in [0.25, 0.3) is 0 Å². The second kappa shape index (κ2) is 8.55. The van der Waals surface area contributed by atoms with Crippen molar-refractivity contribution in [3.05, 3.63) is 35.4 Å². The Labute approximate surface area is 140 Å². The Morgan fingerprint density at radius 3 is 2.78 bits per heavy atom. The summed E-state index contributed by atoms with van der Waals surface area (Å²) in [5, 5.41) is 6.15. The Bertz CT molecular complexity index is 516. The molecule has 7 heteroatoms. The fraction of sp³-hybridized carbons (Fsp3) is 0.562. The van der Waals surface area contributed by atoms with E-state index >= 15 is 0 Å². The molecule has 0 aromatic heterocycles. The van der Waals surface area contributed by atoms with Crippen molar-refractivity contribution in [1.29, 1.82) is 0 Å². The predicted octanol–water partition coefficient (Wildman–Crippen LogP) is 3.17. The number of hydrogen-bond acceptors (Lipinski definition) is 2. The van der Waals surface area contributed by atoms with Gasteiger partial charge in [-0.3, -0.25) is 4.79 Å². The Morgan fingerprint density at radius 1 is 1.43 bits per heavy atom. The number of rotatable bonds is 5. The van der Waals surface area contributed by atoms with Crippen molar-refractivity contribution in [2.45, 2.75) is 38.4 Å². The van der Waals surface area contributed by atoms with E-state index in [-0.39, 0.29) is 24.2 Å². The molecule has 0 saturated carbocycles. The van der Waals surface area contributed by atoms with Gasteiger partial charge in [0.15, 0.2) is 0 Å². The lowest BCUT2D eigenvalue weighted by molar-refractivity contribution is -0.137. The first kappa shape index (κ1) is 19.8. The van der Waals surface area contributed by atoms with Crippen LogP contribution < -0.4 is 10.6 Å². The minimum Gasteiger partial charge on any atom is -0.354 e. The van der Waals surface area contributed by atoms with Crippen molar-refractivity contribution in [3.8, 4) is 0 Å². The summed E-state index contributed by atoms with van der Waals surface area (Å²) in [6.45, 7) is 3.28. The molecule has 130 valence electrons. The summed E-state index contributed by atoms with van der Waals surface area (Å²) in [6.07, 6.45) is -1.90. The van der Waals surface area contributed by atoms with Gasteiger partial charge in [0, 0.05) is 18.5 Å². The van der Waals surface area contributed by atoms with Gasteiger partial charge >= 0.3 is 6.18 Å². The Balaban J connectivity index is 0.00000264. The Kier molecular flexibility index (Phi) is 7.35. The molecule has 1 aromatic rings. The molecule has 2 N–H and O–H groups in total. The molecule has 23 heavy (non-hydrogen) atoms. The summed E-state index contributed by atoms with van der Waals surface area (Å²) in [5.74, 6) is -0.476. The van der Waals surface area contributed by atoms with Crippen LogP contribution in [0.2, 0.25) is 0 Å². The molecule has 1 aliphatic rings. The van der Waals surface area contributed by atoms with Crippen molar-refractivity contribution in [2.24, 2.45) is 5.92 Å². The molecule has 1 aromatic carbocycles. The van der Waals surface area contributed by atoms with Gasteiger partial charge in [0.05, 0.1) is 5.56 Å². The number of hydrogen-bond donors (Lipinski definition) is 2. The second-order valence-electron chi connectivity index (χ2n) is 5.84. The van der Waals surface area contributed by atoms with E-state index in [4.69, 9.17) is 0 Å². The molecule has 2 rings (SSSR count). The van der Waals surface area contributed by atoms with Gasteiger partial charge in [0.2, 0.25) is 5.91 Å². The van der Waals surface area contributed by atoms with Gasteiger partial charge in [-0.15, -0.1) is 12.4 Å². The zero-order valence-corrected chi connectivity index (χ0v) is 13.8. The highest BCUT2D eigenvalue weighted by atomic mass is 35.5. The minimum atomic E-state index is -4.35. The first-order chi connectivity index (χ1) is 10.4. The molecule has 0 spiro atoms. The highest BCUT2D eigenvalue weighted by molar-refractivity contribution is 5.85. The lowest BCUT2D eigenvalue weighted by atomic mass is 9.98. The summed E-state index contributed by atoms with van der Waals surface area (Å²) < 4.78 is 38.0. The molecule has 2 unspecified atom stereocenters. The van der Waals surface area contributed by atoms with E-state index in [9.17, 15) is 18.0 Å². The molecule has 0 bridgehead atoms. The number of carbonyl (C=O) groups excluding carboxylic acids is 1. The molecule has 2 atom stereocenters. The molecular formula is C16H22ClF3N2O. The lowest BCUT2D eigenvalue weighted by Gasteiger charge is -2.16. The molecule has 1 heterocycles. The summed E-state index contributed by atoms with van der Waals surface area (Å²) >= 11 is 0. The monoisotopic (exact) mass is 350 g/mol. The molecule has 3 nitrogen and oxygen atoms in total. The largest absolute Gasteiger partial charge is 0.416 e. The van der Waals surface area contributed by atoms with Crippen molar-refractivity contribution in [2.75, 3.05) is 13.1 Å². The number of amides is 1. The average molecular weight is 351 g/mol. The van der Waals surface area contributed by atoms with E-state index in [0.29, 0.717) is 24.6 Å². The smallest absolute Gasteiger partial charge is 0.354 e. The van der Waals surface area contributed by atoms with Gasteiger partial charge in [-0.1, -0.05) is 25.1 Å². The topological polar surface area (TPSA) is 41.1 Å². The highest BCUT2D eigenvalue weighted by Gasteiger charge is 2.30. The SMILES string of the molecule is CC(Cc1cccc(C(F)(F)F)c1)C(=O)NCC1CCCN1.Cl. The van der Waals surface area contributed by atoms with E-state index in [1.807, 2.05) is 0 Å². The third-order valence-corrected chi connectivity index (χ3v) is 3.93. The van der Waals surface area contributed by atoms with Crippen molar-refractivity contribution < 1.29 is 18.0 Å². The minimum absolute atomic E-state index is 0. The first-order valence-electron chi connectivity index (χ1n) is 7.53. The first-order valence-corrected chi connectivity index (χ1v) is 7.53. The van der Waals surface area contributed by atoms with Crippen LogP contribution >= 0.6 is 12.4 Å². The number of nitrogens with one attached hydrogen (secondary N) is 2. The second-order valence-corrected chi connectivity index (χ2v) is 5.84. The third-order valence-electron chi connectivity index (χ3n) is 3.93. The maximum Gasteiger partial charge on any atom is 0.416 e. The average Bonchev–Trinajstić information content (AvgIpc) is 2.97. The van der Waals surface area contributed by atoms with Crippen molar-refractivity contribution in [3.63, 3.8) is 0 Å². The van der Waals surface area contributed by atoms with E-state index in [1.165, 1.54) is 6.07 Å². The van der Waals surface area contributed by atoms with Gasteiger partial charge < -0.3 is 10.6 Å². The normalized spacial score (nSPS) is 19.0. The van der Waals surface area contributed by atoms with Crippen LogP contribution in [0.1, 0.15) is 30.9 Å². The summed E-state index contributed by atoms with van der Waals surface area (Å²) in [7, 11) is 0. The zero-order valence-electron chi connectivity index (χ0n) is 13.0. The van der Waals surface area contributed by atoms with E-state index < -0.39 is 11.7 Å². The number of benzene rings is 1. The molecule has 1 fully saturated rings. The van der Waals surface area contributed by atoms with Crippen LogP contribution in [0.4, 0.5) is 13.2 Å². The molecule has 1 aliphatic heterocycles. The molecule has 1 amide bonds. The molecule has 0 radical (unpaired) electrons. The van der Waals surface area contributed by atoms with Crippen molar-refractivity contribution >= 4 is 18.3 Å². The maximum absolute atomic E-state index is 12.7. The molecular weight excluding hydrogens is 329 g/mol. The van der Waals surface area contributed by atoms with E-state index in [2.05, 4.69) is 10.6 Å². The van der Waals surface area contributed by atoms with Gasteiger partial charge in [-0.05, 0) is 37.4 Å². The standard InChI is InChI=1S/C16H21F3N2O.ClH/c1-11(15(22)21-10-14-6-3-7-20-14)8-12-4-2-5-13(9-12)16(17,18)19;/h2,4-5,9,11,14,20H,3,6-8,10H2,1H3,(H,21,22);1H. The van der Waals surface area contributed by atoms with Crippen LogP contribution in [0, 0.1) is 5.92 Å². The van der Waals surface area contributed by atoms with Crippen LogP contribution in [-0.4, -0.2) is 25.0 Å². The number of carbonyl (C=O) groups is 1. The van der Waals surface area contributed by atoms with Crippen LogP contribution in [0.25, 0.3) is 0 Å². The predicted molar refractivity (Wildman–Crippen MR) is 85.6 cm³/mol. The van der Waals surface area contributed by atoms with Crippen LogP contribution in [0.15, 0.2) is 24.3 Å². The quantitative estimate of drug-likeness (QED) is 0.856. The van der Waals surface area contributed by atoms with Gasteiger partial charge in [-0.25, -0.2) is 0 Å². The third kappa shape index (κ3) is 6.03. The van der Waals surface area contributed by atoms with Gasteiger partial charge in [0.1, 0.15) is 0 Å². The summed E-state index contributed by atoms with van der Waals surface area (Å²) in [5.41, 5.74) is -0.149. The number of alkyl halides is 3. The highest BCUT2D eigenvalue weighted by Crippen LogP contribution is 2.29. The van der Waals surface area contributed by atoms with Crippen LogP contribution in [-0.2, 0) is 17.4 Å².